The third-order valence-corrected chi connectivity index (χ3v) is 4.36. The average Bonchev–Trinajstić information content (AvgIpc) is 2.70. The second kappa shape index (κ2) is 7.25. The monoisotopic (exact) mass is 364 g/mol. The van der Waals surface area contributed by atoms with Crippen LogP contribution in [0.2, 0.25) is 0 Å². The first kappa shape index (κ1) is 17.3. The zero-order valence-electron chi connectivity index (χ0n) is 14.9. The zero-order valence-corrected chi connectivity index (χ0v) is 14.9. The summed E-state index contributed by atoms with van der Waals surface area (Å²) < 4.78 is 11.2. The molecule has 1 aromatic heterocycles. The van der Waals surface area contributed by atoms with Gasteiger partial charge in [-0.15, -0.1) is 0 Å². The molecule has 27 heavy (non-hydrogen) atoms. The van der Waals surface area contributed by atoms with Gasteiger partial charge in [0.15, 0.2) is 11.5 Å². The molecular weight excluding hydrogens is 344 g/mol. The van der Waals surface area contributed by atoms with Gasteiger partial charge < -0.3 is 19.9 Å². The fourth-order valence-electron chi connectivity index (χ4n) is 3.05. The maximum Gasteiger partial charge on any atom is 0.252 e. The van der Waals surface area contributed by atoms with Crippen LogP contribution >= 0.6 is 0 Å². The van der Waals surface area contributed by atoms with Crippen LogP contribution in [0.5, 0.6) is 11.5 Å². The molecule has 6 nitrogen and oxygen atoms in total. The van der Waals surface area contributed by atoms with E-state index in [0.717, 1.165) is 16.5 Å². The Bertz CT molecular complexity index is 1000. The molecule has 2 heterocycles. The number of aliphatic hydroxyl groups excluding tert-OH is 1. The summed E-state index contributed by atoms with van der Waals surface area (Å²) in [5.41, 5.74) is 2.76. The lowest BCUT2D eigenvalue weighted by Gasteiger charge is -2.19. The van der Waals surface area contributed by atoms with Gasteiger partial charge >= 0.3 is 0 Å². The molecule has 3 aromatic rings. The summed E-state index contributed by atoms with van der Waals surface area (Å²) in [5, 5.41) is 13.0. The van der Waals surface area contributed by atoms with Gasteiger partial charge in [0.05, 0.1) is 22.9 Å². The number of amides is 1. The molecule has 0 fully saturated rings. The van der Waals surface area contributed by atoms with Crippen LogP contribution in [-0.4, -0.2) is 41.9 Å². The predicted octanol–water partition coefficient (Wildman–Crippen LogP) is 2.78. The number of hydrogen-bond donors (Lipinski definition) is 2. The van der Waals surface area contributed by atoms with E-state index in [2.05, 4.69) is 5.32 Å². The van der Waals surface area contributed by atoms with Gasteiger partial charge in [-0.25, -0.2) is 4.98 Å². The van der Waals surface area contributed by atoms with Crippen molar-refractivity contribution in [2.45, 2.75) is 13.0 Å². The normalized spacial score (nSPS) is 14.0. The molecule has 0 saturated carbocycles. The number of pyridine rings is 1. The predicted molar refractivity (Wildman–Crippen MR) is 102 cm³/mol. The SMILES string of the molecule is CC(O)CNC(=O)c1cc(-c2ccc3c(c2)OCCO3)nc2ccccc12. The second-order valence-electron chi connectivity index (χ2n) is 6.49. The summed E-state index contributed by atoms with van der Waals surface area (Å²) in [6.07, 6.45) is -0.612. The van der Waals surface area contributed by atoms with Crippen LogP contribution in [0, 0.1) is 0 Å². The van der Waals surface area contributed by atoms with Crippen molar-refractivity contribution >= 4 is 16.8 Å². The summed E-state index contributed by atoms with van der Waals surface area (Å²) in [6, 6.07) is 14.9. The molecule has 1 atom stereocenters. The van der Waals surface area contributed by atoms with Gasteiger partial charge in [-0.1, -0.05) is 18.2 Å². The maximum atomic E-state index is 12.7. The number of carbonyl (C=O) groups is 1. The molecular formula is C21H20N2O4. The Balaban J connectivity index is 1.78. The van der Waals surface area contributed by atoms with Crippen LogP contribution in [-0.2, 0) is 0 Å². The molecule has 1 aliphatic heterocycles. The van der Waals surface area contributed by atoms with Crippen molar-refractivity contribution in [1.82, 2.24) is 10.3 Å². The van der Waals surface area contributed by atoms with Crippen LogP contribution in [0.1, 0.15) is 17.3 Å². The summed E-state index contributed by atoms with van der Waals surface area (Å²) in [7, 11) is 0. The van der Waals surface area contributed by atoms with E-state index in [0.29, 0.717) is 36.0 Å². The van der Waals surface area contributed by atoms with E-state index in [1.165, 1.54) is 0 Å². The van der Waals surface area contributed by atoms with Crippen molar-refractivity contribution in [1.29, 1.82) is 0 Å². The van der Waals surface area contributed by atoms with Crippen molar-refractivity contribution in [3.05, 3.63) is 54.1 Å². The highest BCUT2D eigenvalue weighted by atomic mass is 16.6. The molecule has 138 valence electrons. The van der Waals surface area contributed by atoms with Crippen molar-refractivity contribution in [3.8, 4) is 22.8 Å². The van der Waals surface area contributed by atoms with E-state index >= 15 is 0 Å². The number of carbonyl (C=O) groups excluding carboxylic acids is 1. The number of para-hydroxylation sites is 1. The Kier molecular flexibility index (Phi) is 4.64. The minimum atomic E-state index is -0.612. The molecule has 0 saturated heterocycles. The number of aliphatic hydroxyl groups is 1. The molecule has 0 spiro atoms. The van der Waals surface area contributed by atoms with Crippen LogP contribution < -0.4 is 14.8 Å². The molecule has 0 radical (unpaired) electrons. The Morgan fingerprint density at radius 3 is 2.74 bits per heavy atom. The van der Waals surface area contributed by atoms with Gasteiger partial charge in [0.1, 0.15) is 13.2 Å². The van der Waals surface area contributed by atoms with E-state index in [1.54, 1.807) is 13.0 Å². The number of rotatable bonds is 4. The van der Waals surface area contributed by atoms with Crippen molar-refractivity contribution in [2.24, 2.45) is 0 Å². The maximum absolute atomic E-state index is 12.7. The van der Waals surface area contributed by atoms with E-state index in [9.17, 15) is 9.90 Å². The fraction of sp³-hybridized carbons (Fsp3) is 0.238. The van der Waals surface area contributed by atoms with Crippen LogP contribution in [0.3, 0.4) is 0 Å². The summed E-state index contributed by atoms with van der Waals surface area (Å²) in [6.45, 7) is 2.86. The topological polar surface area (TPSA) is 80.7 Å². The average molecular weight is 364 g/mol. The summed E-state index contributed by atoms with van der Waals surface area (Å²) in [5.74, 6) is 1.14. The third kappa shape index (κ3) is 3.57. The van der Waals surface area contributed by atoms with E-state index in [4.69, 9.17) is 14.5 Å². The molecule has 6 heteroatoms. The molecule has 4 rings (SSSR count). The lowest BCUT2D eigenvalue weighted by molar-refractivity contribution is 0.0925. The second-order valence-corrected chi connectivity index (χ2v) is 6.49. The Hall–Kier alpha value is -3.12. The standard InChI is InChI=1S/C21H20N2O4/c1-13(24)12-22-21(25)16-11-18(23-17-5-3-2-4-15(16)17)14-6-7-19-20(10-14)27-9-8-26-19/h2-7,10-11,13,24H,8-9,12H2,1H3,(H,22,25). The zero-order chi connectivity index (χ0) is 18.8. The molecule has 1 unspecified atom stereocenters. The van der Waals surface area contributed by atoms with Crippen LogP contribution in [0.4, 0.5) is 0 Å². The highest BCUT2D eigenvalue weighted by molar-refractivity contribution is 6.07. The Morgan fingerprint density at radius 1 is 1.15 bits per heavy atom. The molecule has 0 bridgehead atoms. The minimum Gasteiger partial charge on any atom is -0.486 e. The number of nitrogens with zero attached hydrogens (tertiary/aromatic N) is 1. The number of hydrogen-bond acceptors (Lipinski definition) is 5. The van der Waals surface area contributed by atoms with Gasteiger partial charge in [-0.05, 0) is 37.3 Å². The summed E-state index contributed by atoms with van der Waals surface area (Å²) in [4.78, 5) is 17.4. The van der Waals surface area contributed by atoms with Gasteiger partial charge in [-0.2, -0.15) is 0 Å². The van der Waals surface area contributed by atoms with Gasteiger partial charge in [0.25, 0.3) is 5.91 Å². The highest BCUT2D eigenvalue weighted by Crippen LogP contribution is 2.35. The third-order valence-electron chi connectivity index (χ3n) is 4.36. The smallest absolute Gasteiger partial charge is 0.252 e. The van der Waals surface area contributed by atoms with Gasteiger partial charge in [-0.3, -0.25) is 4.79 Å². The first-order valence-electron chi connectivity index (χ1n) is 8.88. The molecule has 2 N–H and O–H groups in total. The number of ether oxygens (including phenoxy) is 2. The number of nitrogens with one attached hydrogen (secondary N) is 1. The quantitative estimate of drug-likeness (QED) is 0.744. The highest BCUT2D eigenvalue weighted by Gasteiger charge is 2.17. The number of fused-ring (bicyclic) bond motifs is 2. The lowest BCUT2D eigenvalue weighted by atomic mass is 10.0. The molecule has 0 aliphatic carbocycles. The number of aromatic nitrogens is 1. The Labute approximate surface area is 156 Å². The first-order chi connectivity index (χ1) is 13.1. The van der Waals surface area contributed by atoms with E-state index in [1.807, 2.05) is 42.5 Å². The van der Waals surface area contributed by atoms with Crippen molar-refractivity contribution in [3.63, 3.8) is 0 Å². The number of benzene rings is 2. The lowest BCUT2D eigenvalue weighted by Crippen LogP contribution is -2.30. The Morgan fingerprint density at radius 2 is 1.93 bits per heavy atom. The van der Waals surface area contributed by atoms with Crippen molar-refractivity contribution in [2.75, 3.05) is 19.8 Å². The first-order valence-corrected chi connectivity index (χ1v) is 8.88. The van der Waals surface area contributed by atoms with Crippen LogP contribution in [0.25, 0.3) is 22.2 Å². The van der Waals surface area contributed by atoms with Crippen molar-refractivity contribution < 1.29 is 19.4 Å². The van der Waals surface area contributed by atoms with E-state index < -0.39 is 6.10 Å². The molecule has 1 amide bonds. The van der Waals surface area contributed by atoms with Crippen LogP contribution in [0.15, 0.2) is 48.5 Å². The molecule has 2 aromatic carbocycles. The minimum absolute atomic E-state index is 0.189. The fourth-order valence-corrected chi connectivity index (χ4v) is 3.05. The summed E-state index contributed by atoms with van der Waals surface area (Å²) >= 11 is 0. The van der Waals surface area contributed by atoms with Gasteiger partial charge in [0, 0.05) is 17.5 Å². The van der Waals surface area contributed by atoms with E-state index in [-0.39, 0.29) is 12.5 Å². The largest absolute Gasteiger partial charge is 0.486 e. The van der Waals surface area contributed by atoms with Gasteiger partial charge in [0.2, 0.25) is 0 Å². The molecule has 1 aliphatic rings.